The highest BCUT2D eigenvalue weighted by Crippen LogP contribution is 2.70. The number of carbonyl (C=O) groups is 6. The van der Waals surface area contributed by atoms with Crippen LogP contribution in [-0.2, 0) is 28.8 Å². The molecule has 8 heteroatoms. The largest absolute Gasteiger partial charge is 0.426 e. The van der Waals surface area contributed by atoms with Crippen LogP contribution < -0.4 is 10.1 Å². The van der Waals surface area contributed by atoms with E-state index in [2.05, 4.69) is 5.32 Å². The molecule has 8 nitrogen and oxygen atoms in total. The zero-order valence-corrected chi connectivity index (χ0v) is 21.5. The molecule has 0 radical (unpaired) electrons. The molecule has 1 aromatic carbocycles. The number of Topliss-reactive ketones (excluding diaryl/α,β-unsaturated/α-hetero) is 4. The van der Waals surface area contributed by atoms with Crippen LogP contribution in [0.2, 0.25) is 0 Å². The van der Waals surface area contributed by atoms with Crippen molar-refractivity contribution >= 4 is 40.7 Å². The van der Waals surface area contributed by atoms with Gasteiger partial charge in [0.15, 0.2) is 0 Å². The highest BCUT2D eigenvalue weighted by molar-refractivity contribution is 6.49. The average Bonchev–Trinajstić information content (AvgIpc) is 3.25. The second-order valence-corrected chi connectivity index (χ2v) is 12.4. The SMILES string of the molecule is CC12CCC(C(=O)Nc3ccc(OC(=O)C45CCC(C)(C(=O)C4=O)C5(C)C)cc3)(C(=O)C1=O)C2(C)C. The number of rotatable bonds is 4. The molecule has 4 saturated carbocycles. The maximum Gasteiger partial charge on any atom is 0.326 e. The number of fused-ring (bicyclic) bond motifs is 4. The van der Waals surface area contributed by atoms with Crippen LogP contribution in [-0.4, -0.2) is 35.0 Å². The summed E-state index contributed by atoms with van der Waals surface area (Å²) in [5, 5.41) is 2.77. The third-order valence-electron chi connectivity index (χ3n) is 11.1. The fourth-order valence-corrected chi connectivity index (χ4v) is 7.53. The average molecular weight is 494 g/mol. The summed E-state index contributed by atoms with van der Waals surface area (Å²) in [5.41, 5.74) is -5.99. The van der Waals surface area contributed by atoms with Crippen LogP contribution in [0, 0.1) is 32.5 Å². The molecule has 1 aromatic rings. The molecule has 1 amide bonds. The Morgan fingerprint density at radius 3 is 1.56 bits per heavy atom. The molecule has 4 aliphatic rings. The molecule has 36 heavy (non-hydrogen) atoms. The number of ether oxygens (including phenoxy) is 1. The minimum absolute atomic E-state index is 0.169. The van der Waals surface area contributed by atoms with E-state index < -0.39 is 67.5 Å². The Bertz CT molecular complexity index is 1190. The zero-order chi connectivity index (χ0) is 26.7. The first-order valence-electron chi connectivity index (χ1n) is 12.4. The monoisotopic (exact) mass is 493 g/mol. The first kappa shape index (κ1) is 24.5. The van der Waals surface area contributed by atoms with Gasteiger partial charge < -0.3 is 10.1 Å². The number of hydrogen-bond donors (Lipinski definition) is 1. The first-order valence-corrected chi connectivity index (χ1v) is 12.4. The van der Waals surface area contributed by atoms with E-state index >= 15 is 0 Å². The number of anilines is 1. The summed E-state index contributed by atoms with van der Waals surface area (Å²) in [7, 11) is 0. The standard InChI is InChI=1S/C28H31NO7/c1-23(2)25(5)11-13-27(23,19(32)17(25)30)21(34)29-15-7-9-16(10-8-15)36-22(35)28-14-12-26(6,24(28,3)4)18(31)20(28)33/h7-10H,11-14H2,1-6H3,(H,29,34). The van der Waals surface area contributed by atoms with E-state index in [9.17, 15) is 28.8 Å². The van der Waals surface area contributed by atoms with Crippen molar-refractivity contribution in [3.8, 4) is 5.75 Å². The summed E-state index contributed by atoms with van der Waals surface area (Å²) in [5.74, 6) is -3.41. The van der Waals surface area contributed by atoms with Crippen LogP contribution in [0.3, 0.4) is 0 Å². The number of ketones is 4. The van der Waals surface area contributed by atoms with E-state index in [1.165, 1.54) is 24.3 Å². The van der Waals surface area contributed by atoms with Crippen molar-refractivity contribution < 1.29 is 33.5 Å². The van der Waals surface area contributed by atoms with Gasteiger partial charge in [0, 0.05) is 21.9 Å². The number of benzene rings is 1. The molecular formula is C28H31NO7. The van der Waals surface area contributed by atoms with Crippen molar-refractivity contribution in [3.63, 3.8) is 0 Å². The van der Waals surface area contributed by atoms with Crippen molar-refractivity contribution in [2.45, 2.75) is 67.2 Å². The molecule has 1 N–H and O–H groups in total. The van der Waals surface area contributed by atoms with Gasteiger partial charge >= 0.3 is 5.97 Å². The summed E-state index contributed by atoms with van der Waals surface area (Å²) in [4.78, 5) is 77.7. The first-order chi connectivity index (χ1) is 16.5. The van der Waals surface area contributed by atoms with Crippen LogP contribution in [0.25, 0.3) is 0 Å². The molecule has 190 valence electrons. The Labute approximate surface area is 209 Å². The molecule has 5 rings (SSSR count). The minimum atomic E-state index is -1.51. The Morgan fingerprint density at radius 1 is 0.667 bits per heavy atom. The van der Waals surface area contributed by atoms with Crippen molar-refractivity contribution in [1.29, 1.82) is 0 Å². The Balaban J connectivity index is 1.35. The topological polar surface area (TPSA) is 124 Å². The third-order valence-corrected chi connectivity index (χ3v) is 11.1. The predicted octanol–water partition coefficient (Wildman–Crippen LogP) is 3.46. The Hall–Kier alpha value is -3.16. The molecule has 0 spiro atoms. The Morgan fingerprint density at radius 2 is 1.11 bits per heavy atom. The number of amides is 1. The summed E-state index contributed by atoms with van der Waals surface area (Å²) in [6, 6.07) is 6.02. The van der Waals surface area contributed by atoms with Gasteiger partial charge in [0.05, 0.1) is 0 Å². The van der Waals surface area contributed by atoms with Crippen LogP contribution >= 0.6 is 0 Å². The molecule has 0 aliphatic heterocycles. The molecule has 4 atom stereocenters. The number of carbonyl (C=O) groups excluding carboxylic acids is 6. The van der Waals surface area contributed by atoms with Gasteiger partial charge in [-0.1, -0.05) is 41.5 Å². The molecule has 4 bridgehead atoms. The second kappa shape index (κ2) is 6.78. The molecule has 4 unspecified atom stereocenters. The lowest BCUT2D eigenvalue weighted by atomic mass is 9.64. The van der Waals surface area contributed by atoms with Crippen LogP contribution in [0.5, 0.6) is 5.75 Å². The van der Waals surface area contributed by atoms with Gasteiger partial charge in [-0.3, -0.25) is 28.8 Å². The lowest BCUT2D eigenvalue weighted by molar-refractivity contribution is -0.158. The maximum atomic E-state index is 13.4. The summed E-state index contributed by atoms with van der Waals surface area (Å²) in [6.07, 6.45) is 1.50. The van der Waals surface area contributed by atoms with E-state index in [1.807, 2.05) is 0 Å². The lowest BCUT2D eigenvalue weighted by Gasteiger charge is -2.37. The molecular weight excluding hydrogens is 462 g/mol. The molecule has 4 aliphatic carbocycles. The van der Waals surface area contributed by atoms with Crippen molar-refractivity contribution in [2.24, 2.45) is 32.5 Å². The second-order valence-electron chi connectivity index (χ2n) is 12.4. The fraction of sp³-hybridized carbons (Fsp3) is 0.571. The van der Waals surface area contributed by atoms with Gasteiger partial charge in [-0.2, -0.15) is 0 Å². The number of nitrogens with one attached hydrogen (secondary N) is 1. The van der Waals surface area contributed by atoms with E-state index in [1.54, 1.807) is 41.5 Å². The summed E-state index contributed by atoms with van der Waals surface area (Å²) < 4.78 is 5.58. The van der Waals surface area contributed by atoms with Gasteiger partial charge in [-0.05, 0) is 55.4 Å². The highest BCUT2D eigenvalue weighted by Gasteiger charge is 2.79. The quantitative estimate of drug-likeness (QED) is 0.295. The maximum absolute atomic E-state index is 13.4. The third kappa shape index (κ3) is 2.32. The van der Waals surface area contributed by atoms with Gasteiger partial charge in [0.2, 0.25) is 29.0 Å². The zero-order valence-electron chi connectivity index (χ0n) is 21.5. The fourth-order valence-electron chi connectivity index (χ4n) is 7.53. The number of esters is 1. The van der Waals surface area contributed by atoms with Crippen molar-refractivity contribution in [1.82, 2.24) is 0 Å². The number of hydrogen-bond acceptors (Lipinski definition) is 7. The van der Waals surface area contributed by atoms with E-state index in [4.69, 9.17) is 4.74 Å². The van der Waals surface area contributed by atoms with Crippen molar-refractivity contribution in [3.05, 3.63) is 24.3 Å². The summed E-state index contributed by atoms with van der Waals surface area (Å²) in [6.45, 7) is 10.6. The van der Waals surface area contributed by atoms with Gasteiger partial charge in [0.25, 0.3) is 0 Å². The summed E-state index contributed by atoms with van der Waals surface area (Å²) >= 11 is 0. The van der Waals surface area contributed by atoms with Gasteiger partial charge in [-0.15, -0.1) is 0 Å². The van der Waals surface area contributed by atoms with Gasteiger partial charge in [0.1, 0.15) is 16.6 Å². The molecule has 0 heterocycles. The molecule has 4 fully saturated rings. The van der Waals surface area contributed by atoms with E-state index in [0.29, 0.717) is 24.9 Å². The van der Waals surface area contributed by atoms with Crippen LogP contribution in [0.4, 0.5) is 5.69 Å². The molecule has 0 saturated heterocycles. The lowest BCUT2D eigenvalue weighted by Crippen LogP contribution is -2.47. The van der Waals surface area contributed by atoms with Crippen LogP contribution in [0.15, 0.2) is 24.3 Å². The predicted molar refractivity (Wildman–Crippen MR) is 128 cm³/mol. The van der Waals surface area contributed by atoms with Gasteiger partial charge in [-0.25, -0.2) is 0 Å². The minimum Gasteiger partial charge on any atom is -0.426 e. The Kier molecular flexibility index (Phi) is 4.62. The van der Waals surface area contributed by atoms with Crippen molar-refractivity contribution in [2.75, 3.05) is 5.32 Å². The van der Waals surface area contributed by atoms with E-state index in [-0.39, 0.29) is 12.2 Å². The van der Waals surface area contributed by atoms with Crippen LogP contribution in [0.1, 0.15) is 67.2 Å². The smallest absolute Gasteiger partial charge is 0.326 e. The normalized spacial score (nSPS) is 37.5. The highest BCUT2D eigenvalue weighted by atomic mass is 16.5. The molecule has 0 aromatic heterocycles. The van der Waals surface area contributed by atoms with E-state index in [0.717, 1.165) is 0 Å².